The highest BCUT2D eigenvalue weighted by atomic mass is 16.5. The first-order valence-electron chi connectivity index (χ1n) is 12.6. The Labute approximate surface area is 210 Å². The fraction of sp³-hybridized carbons (Fsp3) is 0.393. The van der Waals surface area contributed by atoms with Crippen LogP contribution >= 0.6 is 0 Å². The summed E-state index contributed by atoms with van der Waals surface area (Å²) in [6.45, 7) is 3.79. The average molecular weight is 486 g/mol. The van der Waals surface area contributed by atoms with Crippen molar-refractivity contribution in [3.8, 4) is 23.1 Å². The Balaban J connectivity index is 1.46. The van der Waals surface area contributed by atoms with Gasteiger partial charge in [0.2, 0.25) is 0 Å². The summed E-state index contributed by atoms with van der Waals surface area (Å²) in [4.78, 5) is 24.1. The molecule has 0 aliphatic heterocycles. The van der Waals surface area contributed by atoms with Crippen LogP contribution in [0.15, 0.2) is 42.5 Å². The number of benzene rings is 2. The number of urea groups is 1. The number of ether oxygens (including phenoxy) is 1. The Morgan fingerprint density at radius 3 is 2.47 bits per heavy atom. The minimum atomic E-state index is -0.252. The number of anilines is 1. The maximum Gasteiger partial charge on any atom is 0.319 e. The van der Waals surface area contributed by atoms with Gasteiger partial charge >= 0.3 is 6.03 Å². The zero-order valence-corrected chi connectivity index (χ0v) is 20.6. The number of nitrogens with one attached hydrogen (secondary N) is 3. The molecule has 0 radical (unpaired) electrons. The molecule has 2 saturated carbocycles. The van der Waals surface area contributed by atoms with Crippen LogP contribution in [-0.2, 0) is 4.79 Å². The van der Waals surface area contributed by atoms with E-state index in [4.69, 9.17) is 4.74 Å². The van der Waals surface area contributed by atoms with Crippen LogP contribution in [-0.4, -0.2) is 35.2 Å². The van der Waals surface area contributed by atoms with Gasteiger partial charge in [0, 0.05) is 35.3 Å². The quantitative estimate of drug-likeness (QED) is 0.413. The second-order valence-electron chi connectivity index (χ2n) is 9.93. The van der Waals surface area contributed by atoms with Crippen molar-refractivity contribution >= 4 is 28.5 Å². The maximum atomic E-state index is 12.1. The van der Waals surface area contributed by atoms with E-state index in [0.29, 0.717) is 29.1 Å². The predicted octanol–water partition coefficient (Wildman–Crippen LogP) is 5.09. The third-order valence-corrected chi connectivity index (χ3v) is 6.68. The number of nitriles is 1. The molecule has 2 aromatic carbocycles. The predicted molar refractivity (Wildman–Crippen MR) is 139 cm³/mol. The third-order valence-electron chi connectivity index (χ3n) is 6.68. The molecule has 8 heteroatoms. The number of carbonyl (C=O) groups excluding carboxylic acids is 2. The third kappa shape index (κ3) is 5.01. The molecular weight excluding hydrogens is 454 g/mol. The Bertz CT molecular complexity index is 1330. The molecule has 0 unspecified atom stereocenters. The van der Waals surface area contributed by atoms with Crippen molar-refractivity contribution in [1.82, 2.24) is 15.2 Å². The largest absolute Gasteiger partial charge is 0.484 e. The lowest BCUT2D eigenvalue weighted by Gasteiger charge is -2.30. The lowest BCUT2D eigenvalue weighted by molar-refractivity contribution is -0.123. The normalized spacial score (nSPS) is 15.3. The van der Waals surface area contributed by atoms with Crippen LogP contribution in [0.1, 0.15) is 57.6 Å². The lowest BCUT2D eigenvalue weighted by Crippen LogP contribution is -2.34. The van der Waals surface area contributed by atoms with Gasteiger partial charge in [0.15, 0.2) is 6.61 Å². The van der Waals surface area contributed by atoms with Gasteiger partial charge < -0.3 is 25.3 Å². The number of carbonyl (C=O) groups is 2. The van der Waals surface area contributed by atoms with E-state index in [0.717, 1.165) is 54.3 Å². The minimum Gasteiger partial charge on any atom is -0.484 e. The van der Waals surface area contributed by atoms with Crippen molar-refractivity contribution in [2.24, 2.45) is 0 Å². The Kier molecular flexibility index (Phi) is 6.55. The van der Waals surface area contributed by atoms with Crippen LogP contribution in [0.5, 0.6) is 5.75 Å². The van der Waals surface area contributed by atoms with Gasteiger partial charge in [-0.15, -0.1) is 0 Å². The second-order valence-corrected chi connectivity index (χ2v) is 9.93. The Morgan fingerprint density at radius 1 is 1.11 bits per heavy atom. The van der Waals surface area contributed by atoms with Gasteiger partial charge in [0.1, 0.15) is 11.8 Å². The zero-order chi connectivity index (χ0) is 25.2. The summed E-state index contributed by atoms with van der Waals surface area (Å²) in [7, 11) is 0. The summed E-state index contributed by atoms with van der Waals surface area (Å²) in [5.74, 6) is 0.499. The van der Waals surface area contributed by atoms with Crippen LogP contribution in [0.25, 0.3) is 22.2 Å². The second kappa shape index (κ2) is 9.94. The SMILES string of the molecule is CC(C)NC(=O)Nc1ccc(-c2c(C#N)c3ccc(OCC(=O)NC4CC4)cc3n2C2CCC2)cc1. The van der Waals surface area contributed by atoms with Gasteiger partial charge in [0.25, 0.3) is 5.91 Å². The molecule has 2 aliphatic carbocycles. The standard InChI is InChI=1S/C28H31N5O3/c1-17(2)30-28(35)32-20-8-6-18(7-9-20)27-24(15-29)23-13-12-22(36-16-26(34)31-19-10-11-19)14-25(23)33(27)21-4-3-5-21/h6-9,12-14,17,19,21H,3-5,10-11,16H2,1-2H3,(H,31,34)(H2,30,32,35). The van der Waals surface area contributed by atoms with Gasteiger partial charge in [-0.3, -0.25) is 4.79 Å². The molecule has 36 heavy (non-hydrogen) atoms. The Morgan fingerprint density at radius 2 is 1.86 bits per heavy atom. The first kappa shape index (κ1) is 23.7. The molecule has 0 atom stereocenters. The minimum absolute atomic E-state index is 0.0248. The molecule has 0 bridgehead atoms. The molecule has 5 rings (SSSR count). The highest BCUT2D eigenvalue weighted by molar-refractivity contribution is 5.96. The van der Waals surface area contributed by atoms with E-state index >= 15 is 0 Å². The van der Waals surface area contributed by atoms with E-state index in [1.807, 2.05) is 56.3 Å². The molecule has 186 valence electrons. The van der Waals surface area contributed by atoms with Crippen molar-refractivity contribution < 1.29 is 14.3 Å². The molecule has 2 fully saturated rings. The number of aromatic nitrogens is 1. The molecule has 1 aromatic heterocycles. The molecule has 3 amide bonds. The average Bonchev–Trinajstić information content (AvgIpc) is 3.57. The van der Waals surface area contributed by atoms with E-state index in [9.17, 15) is 14.9 Å². The number of amides is 3. The number of hydrogen-bond donors (Lipinski definition) is 3. The van der Waals surface area contributed by atoms with Crippen LogP contribution in [0.3, 0.4) is 0 Å². The van der Waals surface area contributed by atoms with Crippen molar-refractivity contribution in [2.45, 2.75) is 64.1 Å². The number of nitrogens with zero attached hydrogens (tertiary/aromatic N) is 2. The first-order chi connectivity index (χ1) is 17.4. The topological polar surface area (TPSA) is 108 Å². The molecule has 3 aromatic rings. The molecule has 3 N–H and O–H groups in total. The number of fused-ring (bicyclic) bond motifs is 1. The van der Waals surface area contributed by atoms with E-state index in [2.05, 4.69) is 26.6 Å². The van der Waals surface area contributed by atoms with Gasteiger partial charge in [-0.1, -0.05) is 12.1 Å². The highest BCUT2D eigenvalue weighted by Crippen LogP contribution is 2.43. The van der Waals surface area contributed by atoms with Crippen LogP contribution in [0, 0.1) is 11.3 Å². The molecule has 2 aliphatic rings. The maximum absolute atomic E-state index is 12.1. The summed E-state index contributed by atoms with van der Waals surface area (Å²) in [6.07, 6.45) is 5.32. The molecule has 0 saturated heterocycles. The summed E-state index contributed by atoms with van der Waals surface area (Å²) < 4.78 is 8.06. The molecule has 0 spiro atoms. The van der Waals surface area contributed by atoms with E-state index in [1.54, 1.807) is 0 Å². The van der Waals surface area contributed by atoms with E-state index in [1.165, 1.54) is 0 Å². The molecule has 8 nitrogen and oxygen atoms in total. The summed E-state index contributed by atoms with van der Waals surface area (Å²) in [6, 6.07) is 16.1. The van der Waals surface area contributed by atoms with E-state index in [-0.39, 0.29) is 24.6 Å². The summed E-state index contributed by atoms with van der Waals surface area (Å²) in [5, 5.41) is 19.6. The van der Waals surface area contributed by atoms with Gasteiger partial charge in [0.05, 0.1) is 16.8 Å². The van der Waals surface area contributed by atoms with Crippen molar-refractivity contribution in [1.29, 1.82) is 5.26 Å². The first-order valence-corrected chi connectivity index (χ1v) is 12.6. The summed E-state index contributed by atoms with van der Waals surface area (Å²) in [5.41, 5.74) is 4.02. The summed E-state index contributed by atoms with van der Waals surface area (Å²) >= 11 is 0. The highest BCUT2D eigenvalue weighted by Gasteiger charge is 2.28. The van der Waals surface area contributed by atoms with Crippen molar-refractivity contribution in [3.05, 3.63) is 48.0 Å². The van der Waals surface area contributed by atoms with Gasteiger partial charge in [-0.2, -0.15) is 5.26 Å². The molecular formula is C28H31N5O3. The van der Waals surface area contributed by atoms with Crippen molar-refractivity contribution in [3.63, 3.8) is 0 Å². The van der Waals surface area contributed by atoms with Gasteiger partial charge in [-0.25, -0.2) is 4.79 Å². The monoisotopic (exact) mass is 485 g/mol. The van der Waals surface area contributed by atoms with Gasteiger partial charge in [-0.05, 0) is 75.8 Å². The fourth-order valence-electron chi connectivity index (χ4n) is 4.59. The number of hydrogen-bond acceptors (Lipinski definition) is 4. The van der Waals surface area contributed by atoms with E-state index < -0.39 is 0 Å². The Hall–Kier alpha value is -3.99. The lowest BCUT2D eigenvalue weighted by atomic mass is 9.92. The van der Waals surface area contributed by atoms with Crippen LogP contribution in [0.4, 0.5) is 10.5 Å². The zero-order valence-electron chi connectivity index (χ0n) is 20.6. The smallest absolute Gasteiger partial charge is 0.319 e. The van der Waals surface area contributed by atoms with Crippen LogP contribution in [0.2, 0.25) is 0 Å². The van der Waals surface area contributed by atoms with Crippen LogP contribution < -0.4 is 20.7 Å². The molecule has 1 heterocycles. The number of rotatable bonds is 8. The van der Waals surface area contributed by atoms with Crippen molar-refractivity contribution in [2.75, 3.05) is 11.9 Å². The fourth-order valence-corrected chi connectivity index (χ4v) is 4.59.